The first-order chi connectivity index (χ1) is 16.0. The minimum atomic E-state index is -1.19. The maximum absolute atomic E-state index is 13.5. The van der Waals surface area contributed by atoms with E-state index in [1.807, 2.05) is 20.8 Å². The van der Waals surface area contributed by atoms with Crippen LogP contribution in [0.4, 0.5) is 0 Å². The van der Waals surface area contributed by atoms with Crippen molar-refractivity contribution in [1.29, 1.82) is 0 Å². The van der Waals surface area contributed by atoms with Crippen molar-refractivity contribution >= 4 is 17.5 Å². The van der Waals surface area contributed by atoms with Gasteiger partial charge >= 0.3 is 11.9 Å². The monoisotopic (exact) mass is 480 g/mol. The first kappa shape index (κ1) is 24.4. The molecule has 3 fully saturated rings. The summed E-state index contributed by atoms with van der Waals surface area (Å²) in [6.45, 7) is 19.2. The molecule has 190 valence electrons. The highest BCUT2D eigenvalue weighted by Crippen LogP contribution is 2.66. The maximum atomic E-state index is 13.5. The molecule has 1 aromatic rings. The zero-order valence-electron chi connectivity index (χ0n) is 22.8. The molecule has 5 nitrogen and oxygen atoms in total. The smallest absolute Gasteiger partial charge is 0.351 e. The molecule has 2 aliphatic heterocycles. The van der Waals surface area contributed by atoms with Crippen molar-refractivity contribution in [2.75, 3.05) is 6.61 Å². The van der Waals surface area contributed by atoms with Gasteiger partial charge in [0.1, 0.15) is 18.0 Å². The van der Waals surface area contributed by atoms with E-state index in [2.05, 4.69) is 65.8 Å². The molecule has 0 aromatic heterocycles. The summed E-state index contributed by atoms with van der Waals surface area (Å²) < 4.78 is 18.2. The van der Waals surface area contributed by atoms with E-state index in [-0.39, 0.29) is 23.4 Å². The van der Waals surface area contributed by atoms with E-state index in [0.717, 1.165) is 23.3 Å². The van der Waals surface area contributed by atoms with Crippen LogP contribution in [-0.4, -0.2) is 29.7 Å². The number of carbonyl (C=O) groups is 2. The second kappa shape index (κ2) is 6.92. The van der Waals surface area contributed by atoms with E-state index in [9.17, 15) is 9.59 Å². The number of benzene rings is 1. The first-order valence-electron chi connectivity index (χ1n) is 13.0. The van der Waals surface area contributed by atoms with Crippen LogP contribution in [0.25, 0.3) is 5.57 Å². The van der Waals surface area contributed by atoms with E-state index in [0.29, 0.717) is 18.8 Å². The first-order valence-corrected chi connectivity index (χ1v) is 13.0. The third-order valence-electron chi connectivity index (χ3n) is 9.85. The topological polar surface area (TPSA) is 61.8 Å². The van der Waals surface area contributed by atoms with Gasteiger partial charge in [0.25, 0.3) is 0 Å². The zero-order chi connectivity index (χ0) is 25.8. The Balaban J connectivity index is 1.41. The molecule has 2 unspecified atom stereocenters. The summed E-state index contributed by atoms with van der Waals surface area (Å²) in [5, 5.41) is 0. The van der Waals surface area contributed by atoms with Gasteiger partial charge < -0.3 is 14.2 Å². The number of fused-ring (bicyclic) bond motifs is 3. The normalized spacial score (nSPS) is 36.1. The summed E-state index contributed by atoms with van der Waals surface area (Å²) in [5.41, 5.74) is 0.486. The number of carbonyl (C=O) groups excluding carboxylic acids is 2. The number of rotatable bonds is 4. The second-order valence-corrected chi connectivity index (χ2v) is 13.7. The van der Waals surface area contributed by atoms with E-state index >= 15 is 0 Å². The highest BCUT2D eigenvalue weighted by Gasteiger charge is 2.76. The fraction of sp³-hybridized carbons (Fsp3) is 0.667. The lowest BCUT2D eigenvalue weighted by Gasteiger charge is -2.37. The second-order valence-electron chi connectivity index (χ2n) is 13.7. The highest BCUT2D eigenvalue weighted by molar-refractivity contribution is 5.93. The Morgan fingerprint density at radius 1 is 1.09 bits per heavy atom. The number of hydrogen-bond donors (Lipinski definition) is 0. The van der Waals surface area contributed by atoms with E-state index in [1.54, 1.807) is 0 Å². The quantitative estimate of drug-likeness (QED) is 0.478. The third kappa shape index (κ3) is 3.18. The fourth-order valence-corrected chi connectivity index (χ4v) is 6.69. The van der Waals surface area contributed by atoms with Crippen molar-refractivity contribution in [3.8, 4) is 5.75 Å². The molecule has 2 aliphatic carbocycles. The number of hydrogen-bond acceptors (Lipinski definition) is 5. The van der Waals surface area contributed by atoms with Crippen LogP contribution in [0.3, 0.4) is 0 Å². The van der Waals surface area contributed by atoms with Crippen molar-refractivity contribution in [2.24, 2.45) is 22.2 Å². The van der Waals surface area contributed by atoms with Crippen LogP contribution in [0.15, 0.2) is 24.3 Å². The standard InChI is InChI=1S/C30H40O5/c1-18-15-29(18,17-33-24(32)30-13-12-28(9,23(31)35-30)27(30,7)8)19-10-11-20-21(25(2,3)4)16-26(5,6)34-22(20)14-19/h10-11,14,16,18H,12-13,15,17H2,1-9H3/t18-,28?,29-,30?/m0/s1. The highest BCUT2D eigenvalue weighted by atomic mass is 16.6. The van der Waals surface area contributed by atoms with E-state index < -0.39 is 28.0 Å². The van der Waals surface area contributed by atoms with Gasteiger partial charge in [-0.25, -0.2) is 4.79 Å². The van der Waals surface area contributed by atoms with Crippen LogP contribution < -0.4 is 4.74 Å². The van der Waals surface area contributed by atoms with Gasteiger partial charge in [-0.05, 0) is 74.6 Å². The molecule has 2 saturated carbocycles. The van der Waals surface area contributed by atoms with Crippen molar-refractivity contribution in [1.82, 2.24) is 0 Å². The average Bonchev–Trinajstić information content (AvgIpc) is 3.32. The van der Waals surface area contributed by atoms with Crippen LogP contribution in [-0.2, 0) is 24.5 Å². The lowest BCUT2D eigenvalue weighted by Crippen LogP contribution is -2.49. The predicted molar refractivity (Wildman–Crippen MR) is 135 cm³/mol. The molecule has 0 N–H and O–H groups in total. The molecule has 1 saturated heterocycles. The minimum absolute atomic E-state index is 0.00197. The van der Waals surface area contributed by atoms with E-state index in [4.69, 9.17) is 14.2 Å². The van der Waals surface area contributed by atoms with Gasteiger partial charge in [0.2, 0.25) is 5.60 Å². The molecule has 2 bridgehead atoms. The molecule has 5 rings (SSSR count). The van der Waals surface area contributed by atoms with Crippen molar-refractivity contribution < 1.29 is 23.8 Å². The number of allylic oxidation sites excluding steroid dienone is 1. The Morgan fingerprint density at radius 3 is 2.26 bits per heavy atom. The third-order valence-corrected chi connectivity index (χ3v) is 9.85. The van der Waals surface area contributed by atoms with Gasteiger partial charge in [0.05, 0.1) is 5.41 Å². The number of ether oxygens (including phenoxy) is 3. The van der Waals surface area contributed by atoms with Gasteiger partial charge in [-0.15, -0.1) is 0 Å². The predicted octanol–water partition coefficient (Wildman–Crippen LogP) is 6.23. The SMILES string of the molecule is C[C@H]1C[C@@]1(COC(=O)C12CCC(C)(C(=O)O1)C2(C)C)c1ccc2c(c1)OC(C)(C)C=C2C(C)(C)C. The molecule has 1 aromatic carbocycles. The summed E-state index contributed by atoms with van der Waals surface area (Å²) in [6, 6.07) is 6.48. The summed E-state index contributed by atoms with van der Waals surface area (Å²) in [6.07, 6.45) is 4.34. The molecule has 0 radical (unpaired) electrons. The van der Waals surface area contributed by atoms with Gasteiger partial charge in [0.15, 0.2) is 0 Å². The van der Waals surface area contributed by atoms with E-state index in [1.165, 1.54) is 5.57 Å². The molecule has 4 aliphatic rings. The molecule has 35 heavy (non-hydrogen) atoms. The summed E-state index contributed by atoms with van der Waals surface area (Å²) in [4.78, 5) is 26.1. The molecule has 2 heterocycles. The molecular formula is C30H40O5. The van der Waals surface area contributed by atoms with Crippen LogP contribution >= 0.6 is 0 Å². The fourth-order valence-electron chi connectivity index (χ4n) is 6.69. The molecule has 0 amide bonds. The molecule has 5 heteroatoms. The average molecular weight is 481 g/mol. The van der Waals surface area contributed by atoms with Crippen molar-refractivity contribution in [2.45, 2.75) is 98.2 Å². The Morgan fingerprint density at radius 2 is 1.74 bits per heavy atom. The Hall–Kier alpha value is -2.30. The molecule has 4 atom stereocenters. The maximum Gasteiger partial charge on any atom is 0.351 e. The summed E-state index contributed by atoms with van der Waals surface area (Å²) in [7, 11) is 0. The molecule has 0 spiro atoms. The van der Waals surface area contributed by atoms with Crippen molar-refractivity contribution in [3.05, 3.63) is 35.4 Å². The molecular weight excluding hydrogens is 440 g/mol. The Bertz CT molecular complexity index is 1150. The number of esters is 2. The largest absolute Gasteiger partial charge is 0.483 e. The lowest BCUT2D eigenvalue weighted by atomic mass is 9.66. The Labute approximate surface area is 209 Å². The zero-order valence-corrected chi connectivity index (χ0v) is 22.8. The van der Waals surface area contributed by atoms with Crippen LogP contribution in [0.2, 0.25) is 0 Å². The van der Waals surface area contributed by atoms with Crippen LogP contribution in [0.5, 0.6) is 5.75 Å². The lowest BCUT2D eigenvalue weighted by molar-refractivity contribution is -0.183. The van der Waals surface area contributed by atoms with Gasteiger partial charge in [-0.2, -0.15) is 0 Å². The minimum Gasteiger partial charge on any atom is -0.483 e. The Kier molecular flexibility index (Phi) is 4.82. The summed E-state index contributed by atoms with van der Waals surface area (Å²) >= 11 is 0. The van der Waals surface area contributed by atoms with Gasteiger partial charge in [0, 0.05) is 16.4 Å². The van der Waals surface area contributed by atoms with Crippen LogP contribution in [0, 0.1) is 22.2 Å². The summed E-state index contributed by atoms with van der Waals surface area (Å²) in [5.74, 6) is 0.593. The van der Waals surface area contributed by atoms with Gasteiger partial charge in [-0.3, -0.25) is 4.79 Å². The van der Waals surface area contributed by atoms with Crippen molar-refractivity contribution in [3.63, 3.8) is 0 Å². The van der Waals surface area contributed by atoms with Crippen LogP contribution in [0.1, 0.15) is 92.7 Å². The van der Waals surface area contributed by atoms with Gasteiger partial charge in [-0.1, -0.05) is 53.7 Å².